The smallest absolute Gasteiger partial charge is 0.248 e. The third-order valence-electron chi connectivity index (χ3n) is 5.32. The highest BCUT2D eigenvalue weighted by atomic mass is 35.5. The molecule has 0 saturated heterocycles. The third kappa shape index (κ3) is 4.18. The molecule has 162 valence electrons. The van der Waals surface area contributed by atoms with E-state index in [4.69, 9.17) is 38.9 Å². The second-order valence-electron chi connectivity index (χ2n) is 7.47. The molecular weight excluding hydrogens is 457 g/mol. The molecule has 4 aromatic rings. The van der Waals surface area contributed by atoms with Gasteiger partial charge < -0.3 is 11.1 Å². The van der Waals surface area contributed by atoms with Gasteiger partial charge in [0, 0.05) is 49.7 Å². The van der Waals surface area contributed by atoms with Crippen LogP contribution < -0.4 is 11.1 Å². The van der Waals surface area contributed by atoms with E-state index in [0.29, 0.717) is 28.1 Å². The van der Waals surface area contributed by atoms with Gasteiger partial charge in [0.05, 0.1) is 18.0 Å². The Morgan fingerprint density at radius 1 is 0.939 bits per heavy atom. The standard InChI is InChI=1S/C25H17Cl2N5O/c26-16-7-10-18-20(11-16)23(19-3-1-2-4-21(19)27)29-12-15-13-30-25(32-22(15)18)31-17-8-5-14(6-9-17)24(28)33/h1-11,13H,12H2,(H2,28,33)(H,30,31,32). The summed E-state index contributed by atoms with van der Waals surface area (Å²) >= 11 is 12.9. The predicted molar refractivity (Wildman–Crippen MR) is 132 cm³/mol. The molecule has 1 amide bonds. The lowest BCUT2D eigenvalue weighted by molar-refractivity contribution is 0.100. The van der Waals surface area contributed by atoms with Crippen molar-refractivity contribution in [2.75, 3.05) is 5.32 Å². The van der Waals surface area contributed by atoms with Gasteiger partial charge >= 0.3 is 0 Å². The summed E-state index contributed by atoms with van der Waals surface area (Å²) in [5.74, 6) is -0.0601. The zero-order valence-corrected chi connectivity index (χ0v) is 18.7. The number of rotatable bonds is 4. The molecule has 0 fully saturated rings. The molecule has 1 aliphatic heterocycles. The molecule has 6 nitrogen and oxygen atoms in total. The maximum Gasteiger partial charge on any atom is 0.248 e. The van der Waals surface area contributed by atoms with E-state index in [1.165, 1.54) is 0 Å². The Morgan fingerprint density at radius 3 is 2.48 bits per heavy atom. The number of aromatic nitrogens is 2. The minimum absolute atomic E-state index is 0.399. The number of carbonyl (C=O) groups is 1. The van der Waals surface area contributed by atoms with E-state index < -0.39 is 5.91 Å². The number of hydrogen-bond donors (Lipinski definition) is 2. The first-order valence-electron chi connectivity index (χ1n) is 10.1. The van der Waals surface area contributed by atoms with Gasteiger partial charge in [0.2, 0.25) is 11.9 Å². The first-order valence-corrected chi connectivity index (χ1v) is 10.9. The molecule has 0 unspecified atom stereocenters. The second-order valence-corrected chi connectivity index (χ2v) is 8.31. The Labute approximate surface area is 200 Å². The van der Waals surface area contributed by atoms with Crippen LogP contribution in [0.2, 0.25) is 10.0 Å². The predicted octanol–water partition coefficient (Wildman–Crippen LogP) is 5.64. The maximum absolute atomic E-state index is 11.3. The van der Waals surface area contributed by atoms with E-state index in [0.717, 1.165) is 39.3 Å². The maximum atomic E-state index is 11.3. The summed E-state index contributed by atoms with van der Waals surface area (Å²) in [5, 5.41) is 4.38. The molecule has 0 spiro atoms. The Bertz CT molecular complexity index is 1420. The zero-order valence-electron chi connectivity index (χ0n) is 17.2. The average molecular weight is 474 g/mol. The van der Waals surface area contributed by atoms with Crippen LogP contribution in [0.3, 0.4) is 0 Å². The minimum atomic E-state index is -0.479. The van der Waals surface area contributed by atoms with E-state index in [9.17, 15) is 4.79 Å². The first kappa shape index (κ1) is 21.1. The first-order chi connectivity index (χ1) is 16.0. The minimum Gasteiger partial charge on any atom is -0.366 e. The van der Waals surface area contributed by atoms with Crippen molar-refractivity contribution < 1.29 is 4.79 Å². The van der Waals surface area contributed by atoms with Crippen molar-refractivity contribution >= 4 is 46.5 Å². The molecule has 3 aromatic carbocycles. The molecule has 33 heavy (non-hydrogen) atoms. The number of fused-ring (bicyclic) bond motifs is 3. The van der Waals surface area contributed by atoms with Crippen molar-refractivity contribution in [2.45, 2.75) is 6.54 Å². The molecule has 3 N–H and O–H groups in total. The molecule has 1 aliphatic rings. The lowest BCUT2D eigenvalue weighted by Crippen LogP contribution is -2.10. The number of aliphatic imine (C=N–C) groups is 1. The molecule has 0 aliphatic carbocycles. The molecule has 0 bridgehead atoms. The zero-order chi connectivity index (χ0) is 22.9. The van der Waals surface area contributed by atoms with Gasteiger partial charge in [-0.25, -0.2) is 9.97 Å². The van der Waals surface area contributed by atoms with Crippen molar-refractivity contribution in [1.29, 1.82) is 0 Å². The Kier molecular flexibility index (Phi) is 5.54. The number of nitrogens with one attached hydrogen (secondary N) is 1. The summed E-state index contributed by atoms with van der Waals surface area (Å²) in [7, 11) is 0. The van der Waals surface area contributed by atoms with Gasteiger partial charge in [0.15, 0.2) is 0 Å². The number of anilines is 2. The summed E-state index contributed by atoms with van der Waals surface area (Å²) in [5.41, 5.74) is 11.5. The van der Waals surface area contributed by atoms with Crippen LogP contribution >= 0.6 is 23.2 Å². The molecule has 0 radical (unpaired) electrons. The highest BCUT2D eigenvalue weighted by Crippen LogP contribution is 2.35. The molecule has 1 aromatic heterocycles. The molecule has 5 rings (SSSR count). The molecular formula is C25H17Cl2N5O. The van der Waals surface area contributed by atoms with E-state index in [1.807, 2.05) is 42.5 Å². The lowest BCUT2D eigenvalue weighted by atomic mass is 9.95. The Morgan fingerprint density at radius 2 is 1.73 bits per heavy atom. The van der Waals surface area contributed by atoms with Crippen LogP contribution in [-0.2, 0) is 6.54 Å². The van der Waals surface area contributed by atoms with Gasteiger partial charge in [0.1, 0.15) is 0 Å². The average Bonchev–Trinajstić information content (AvgIpc) is 2.96. The van der Waals surface area contributed by atoms with Crippen LogP contribution in [0, 0.1) is 0 Å². The van der Waals surface area contributed by atoms with Crippen LogP contribution in [0.5, 0.6) is 0 Å². The van der Waals surface area contributed by atoms with Gasteiger partial charge in [-0.3, -0.25) is 9.79 Å². The fourth-order valence-corrected chi connectivity index (χ4v) is 4.11. The highest BCUT2D eigenvalue weighted by molar-refractivity contribution is 6.36. The fourth-order valence-electron chi connectivity index (χ4n) is 3.71. The van der Waals surface area contributed by atoms with E-state index in [1.54, 1.807) is 30.5 Å². The number of halogens is 2. The number of carbonyl (C=O) groups excluding carboxylic acids is 1. The third-order valence-corrected chi connectivity index (χ3v) is 5.88. The topological polar surface area (TPSA) is 93.3 Å². The van der Waals surface area contributed by atoms with Crippen LogP contribution in [0.4, 0.5) is 11.6 Å². The fraction of sp³-hybridized carbons (Fsp3) is 0.0400. The summed E-state index contributed by atoms with van der Waals surface area (Å²) in [4.78, 5) is 25.4. The summed E-state index contributed by atoms with van der Waals surface area (Å²) in [6.45, 7) is 0.399. The normalized spacial score (nSPS) is 12.2. The van der Waals surface area contributed by atoms with Gasteiger partial charge in [-0.2, -0.15) is 0 Å². The highest BCUT2D eigenvalue weighted by Gasteiger charge is 2.22. The van der Waals surface area contributed by atoms with Crippen molar-refractivity contribution in [3.8, 4) is 11.3 Å². The number of benzene rings is 3. The van der Waals surface area contributed by atoms with Crippen molar-refractivity contribution in [1.82, 2.24) is 9.97 Å². The largest absolute Gasteiger partial charge is 0.366 e. The quantitative estimate of drug-likeness (QED) is 0.400. The van der Waals surface area contributed by atoms with E-state index in [2.05, 4.69) is 10.3 Å². The summed E-state index contributed by atoms with van der Waals surface area (Å²) in [6.07, 6.45) is 1.76. The van der Waals surface area contributed by atoms with Crippen LogP contribution in [0.1, 0.15) is 27.0 Å². The molecule has 0 saturated carbocycles. The monoisotopic (exact) mass is 473 g/mol. The second kappa shape index (κ2) is 8.65. The van der Waals surface area contributed by atoms with Crippen LogP contribution in [0.25, 0.3) is 11.3 Å². The number of primary amides is 1. The number of nitrogens with zero attached hydrogens (tertiary/aromatic N) is 3. The molecule has 2 heterocycles. The van der Waals surface area contributed by atoms with Gasteiger partial charge in [-0.15, -0.1) is 0 Å². The number of hydrogen-bond acceptors (Lipinski definition) is 5. The van der Waals surface area contributed by atoms with Gasteiger partial charge in [-0.05, 0) is 42.5 Å². The van der Waals surface area contributed by atoms with Crippen molar-refractivity contribution in [3.63, 3.8) is 0 Å². The van der Waals surface area contributed by atoms with Gasteiger partial charge in [0.25, 0.3) is 0 Å². The van der Waals surface area contributed by atoms with E-state index in [-0.39, 0.29) is 0 Å². The van der Waals surface area contributed by atoms with Crippen LogP contribution in [0.15, 0.2) is 77.9 Å². The SMILES string of the molecule is NC(=O)c1ccc(Nc2ncc3c(n2)-c2ccc(Cl)cc2C(c2ccccc2Cl)=NC3)cc1. The molecule has 0 atom stereocenters. The molecule has 8 heteroatoms. The van der Waals surface area contributed by atoms with Gasteiger partial charge in [-0.1, -0.05) is 47.5 Å². The Hall–Kier alpha value is -3.74. The number of amides is 1. The van der Waals surface area contributed by atoms with Crippen molar-refractivity contribution in [2.24, 2.45) is 10.7 Å². The summed E-state index contributed by atoms with van der Waals surface area (Å²) < 4.78 is 0. The summed E-state index contributed by atoms with van der Waals surface area (Å²) in [6, 6.07) is 20.0. The lowest BCUT2D eigenvalue weighted by Gasteiger charge is -2.13. The van der Waals surface area contributed by atoms with Crippen molar-refractivity contribution in [3.05, 3.63) is 105 Å². The van der Waals surface area contributed by atoms with E-state index >= 15 is 0 Å². The number of nitrogens with two attached hydrogens (primary N) is 1. The van der Waals surface area contributed by atoms with Crippen LogP contribution in [-0.4, -0.2) is 21.6 Å². The Balaban J connectivity index is 1.57.